The first-order chi connectivity index (χ1) is 17.0. The van der Waals surface area contributed by atoms with Crippen molar-refractivity contribution in [2.45, 2.75) is 33.9 Å². The van der Waals surface area contributed by atoms with E-state index in [-0.39, 0.29) is 23.1 Å². The van der Waals surface area contributed by atoms with Crippen molar-refractivity contribution in [1.82, 2.24) is 10.6 Å². The standard InChI is InChI=1S/C9H9F2NO2.C9H9NO.C9H11NO/c1-5-2-3-7(14-9(10)11)6(4-5)8(12)13;1-6-2-3-7-5-10-9(11)8(7)4-6;1-7-4-3-5-8(6-7)9(11)10-2/h2-4,9H,1H3,(H2,12,13);2-4H,5H2,1H3,(H,10,11);3-6H,1-2H3,(H,10,11). The highest BCUT2D eigenvalue weighted by Crippen LogP contribution is 2.21. The molecule has 190 valence electrons. The van der Waals surface area contributed by atoms with Crippen molar-refractivity contribution in [3.63, 3.8) is 0 Å². The summed E-state index contributed by atoms with van der Waals surface area (Å²) in [5.74, 6) is -0.958. The second kappa shape index (κ2) is 13.0. The first-order valence-corrected chi connectivity index (χ1v) is 11.0. The number of aryl methyl sites for hydroxylation is 3. The number of hydrogen-bond acceptors (Lipinski definition) is 4. The third kappa shape index (κ3) is 8.19. The van der Waals surface area contributed by atoms with Gasteiger partial charge in [0, 0.05) is 24.7 Å². The molecule has 3 aromatic carbocycles. The van der Waals surface area contributed by atoms with Crippen molar-refractivity contribution in [3.05, 3.63) is 99.6 Å². The highest BCUT2D eigenvalue weighted by Gasteiger charge is 2.17. The molecule has 0 atom stereocenters. The lowest BCUT2D eigenvalue weighted by molar-refractivity contribution is -0.0501. The fourth-order valence-electron chi connectivity index (χ4n) is 3.29. The molecule has 3 amide bonds. The summed E-state index contributed by atoms with van der Waals surface area (Å²) in [6.07, 6.45) is 0. The predicted octanol–water partition coefficient (Wildman–Crippen LogP) is 4.29. The lowest BCUT2D eigenvalue weighted by Crippen LogP contribution is -2.17. The van der Waals surface area contributed by atoms with Crippen LogP contribution in [0.3, 0.4) is 0 Å². The van der Waals surface area contributed by atoms with E-state index in [0.29, 0.717) is 12.1 Å². The van der Waals surface area contributed by atoms with E-state index >= 15 is 0 Å². The molecule has 0 aromatic heterocycles. The first-order valence-electron chi connectivity index (χ1n) is 11.0. The van der Waals surface area contributed by atoms with E-state index in [0.717, 1.165) is 27.8 Å². The van der Waals surface area contributed by atoms with Crippen molar-refractivity contribution in [3.8, 4) is 5.75 Å². The minimum absolute atomic E-state index is 0.0336. The molecule has 0 saturated heterocycles. The van der Waals surface area contributed by atoms with Crippen LogP contribution in [0.4, 0.5) is 8.78 Å². The van der Waals surface area contributed by atoms with Crippen LogP contribution in [0.1, 0.15) is 53.3 Å². The van der Waals surface area contributed by atoms with Crippen LogP contribution < -0.4 is 21.1 Å². The van der Waals surface area contributed by atoms with E-state index in [4.69, 9.17) is 5.73 Å². The van der Waals surface area contributed by atoms with Gasteiger partial charge in [-0.05, 0) is 56.7 Å². The van der Waals surface area contributed by atoms with E-state index in [1.54, 1.807) is 26.1 Å². The van der Waals surface area contributed by atoms with Crippen LogP contribution in [-0.2, 0) is 6.54 Å². The molecule has 0 unspecified atom stereocenters. The Morgan fingerprint density at radius 2 is 1.61 bits per heavy atom. The van der Waals surface area contributed by atoms with E-state index in [1.165, 1.54) is 12.1 Å². The van der Waals surface area contributed by atoms with Gasteiger partial charge in [-0.3, -0.25) is 14.4 Å². The smallest absolute Gasteiger partial charge is 0.387 e. The molecule has 1 aliphatic heterocycles. The van der Waals surface area contributed by atoms with Gasteiger partial charge >= 0.3 is 6.61 Å². The molecule has 36 heavy (non-hydrogen) atoms. The second-order valence-corrected chi connectivity index (χ2v) is 8.03. The van der Waals surface area contributed by atoms with E-state index < -0.39 is 12.5 Å². The summed E-state index contributed by atoms with van der Waals surface area (Å²) < 4.78 is 27.9. The molecule has 0 saturated carbocycles. The van der Waals surface area contributed by atoms with Crippen LogP contribution in [0.5, 0.6) is 5.75 Å². The van der Waals surface area contributed by atoms with Crippen molar-refractivity contribution < 1.29 is 27.9 Å². The Morgan fingerprint density at radius 1 is 0.972 bits per heavy atom. The van der Waals surface area contributed by atoms with Crippen molar-refractivity contribution in [1.29, 1.82) is 0 Å². The van der Waals surface area contributed by atoms with E-state index in [1.807, 2.05) is 50.2 Å². The molecule has 4 N–H and O–H groups in total. The SMILES string of the molecule is CNC(=O)c1cccc(C)c1.Cc1ccc(OC(F)F)c(C(N)=O)c1.Cc1ccc2c(c1)C(=O)NC2. The lowest BCUT2D eigenvalue weighted by atomic mass is 10.1. The minimum Gasteiger partial charge on any atom is -0.434 e. The van der Waals surface area contributed by atoms with Crippen molar-refractivity contribution >= 4 is 17.7 Å². The summed E-state index contributed by atoms with van der Waals surface area (Å²) in [4.78, 5) is 33.0. The fourth-order valence-corrected chi connectivity index (χ4v) is 3.29. The Morgan fingerprint density at radius 3 is 2.22 bits per heavy atom. The van der Waals surface area contributed by atoms with Crippen molar-refractivity contribution in [2.75, 3.05) is 7.05 Å². The molecule has 9 heteroatoms. The minimum atomic E-state index is -2.96. The molecule has 0 spiro atoms. The molecule has 1 heterocycles. The molecule has 0 aliphatic carbocycles. The summed E-state index contributed by atoms with van der Waals surface area (Å²) in [7, 11) is 1.63. The number of amides is 3. The van der Waals surface area contributed by atoms with Gasteiger partial charge in [0.25, 0.3) is 17.7 Å². The Hall–Kier alpha value is -4.27. The Labute approximate surface area is 208 Å². The van der Waals surface area contributed by atoms with Gasteiger partial charge < -0.3 is 21.1 Å². The van der Waals surface area contributed by atoms with E-state index in [9.17, 15) is 23.2 Å². The van der Waals surface area contributed by atoms with Gasteiger partial charge in [-0.25, -0.2) is 0 Å². The highest BCUT2D eigenvalue weighted by molar-refractivity contribution is 5.98. The van der Waals surface area contributed by atoms with Gasteiger partial charge in [-0.1, -0.05) is 47.0 Å². The Kier molecular flexibility index (Phi) is 10.1. The van der Waals surface area contributed by atoms with Gasteiger partial charge in [0.2, 0.25) is 0 Å². The summed E-state index contributed by atoms with van der Waals surface area (Å²) in [6, 6.07) is 17.7. The number of rotatable bonds is 4. The molecule has 7 nitrogen and oxygen atoms in total. The maximum atomic E-state index is 11.9. The molecule has 1 aliphatic rings. The van der Waals surface area contributed by atoms with Crippen molar-refractivity contribution in [2.24, 2.45) is 5.73 Å². The van der Waals surface area contributed by atoms with Crippen LogP contribution >= 0.6 is 0 Å². The van der Waals surface area contributed by atoms with Gasteiger partial charge in [0.1, 0.15) is 5.75 Å². The van der Waals surface area contributed by atoms with Crippen LogP contribution in [0.2, 0.25) is 0 Å². The van der Waals surface area contributed by atoms with E-state index in [2.05, 4.69) is 15.4 Å². The van der Waals surface area contributed by atoms with Gasteiger partial charge in [0.05, 0.1) is 5.56 Å². The molecule has 0 radical (unpaired) electrons. The number of nitrogens with two attached hydrogens (primary N) is 1. The number of ether oxygens (including phenoxy) is 1. The Bertz CT molecular complexity index is 1240. The van der Waals surface area contributed by atoms with Gasteiger partial charge in [-0.15, -0.1) is 0 Å². The summed E-state index contributed by atoms with van der Waals surface area (Å²) >= 11 is 0. The van der Waals surface area contributed by atoms with Crippen LogP contribution in [0, 0.1) is 20.8 Å². The lowest BCUT2D eigenvalue weighted by Gasteiger charge is -2.08. The number of alkyl halides is 2. The number of halogens is 2. The summed E-state index contributed by atoms with van der Waals surface area (Å²) in [5.41, 5.74) is 10.6. The first kappa shape index (κ1) is 28.0. The Balaban J connectivity index is 0.000000192. The molecular formula is C27H29F2N3O4. The molecule has 4 rings (SSSR count). The number of fused-ring (bicyclic) bond motifs is 1. The summed E-state index contributed by atoms with van der Waals surface area (Å²) in [5, 5.41) is 5.34. The topological polar surface area (TPSA) is 111 Å². The third-order valence-corrected chi connectivity index (χ3v) is 5.07. The number of primary amides is 1. The van der Waals surface area contributed by atoms with Gasteiger partial charge in [0.15, 0.2) is 0 Å². The average Bonchev–Trinajstić information content (AvgIpc) is 3.20. The number of carbonyl (C=O) groups excluding carboxylic acids is 3. The zero-order valence-electron chi connectivity index (χ0n) is 20.5. The fraction of sp³-hybridized carbons (Fsp3) is 0.222. The van der Waals surface area contributed by atoms with Crippen LogP contribution in [0.25, 0.3) is 0 Å². The highest BCUT2D eigenvalue weighted by atomic mass is 19.3. The predicted molar refractivity (Wildman–Crippen MR) is 133 cm³/mol. The number of carbonyl (C=O) groups is 3. The second-order valence-electron chi connectivity index (χ2n) is 8.03. The van der Waals surface area contributed by atoms with Gasteiger partial charge in [-0.2, -0.15) is 8.78 Å². The maximum Gasteiger partial charge on any atom is 0.387 e. The zero-order chi connectivity index (χ0) is 26.8. The average molecular weight is 498 g/mol. The quantitative estimate of drug-likeness (QED) is 0.499. The third-order valence-electron chi connectivity index (χ3n) is 5.07. The molecular weight excluding hydrogens is 468 g/mol. The number of nitrogens with one attached hydrogen (secondary N) is 2. The molecule has 0 fully saturated rings. The number of hydrogen-bond donors (Lipinski definition) is 3. The summed E-state index contributed by atoms with van der Waals surface area (Å²) in [6.45, 7) is 3.40. The normalized spacial score (nSPS) is 11.2. The maximum absolute atomic E-state index is 11.9. The monoisotopic (exact) mass is 497 g/mol. The molecule has 0 bridgehead atoms. The largest absolute Gasteiger partial charge is 0.434 e. The van der Waals surface area contributed by atoms with Crippen LogP contribution in [0.15, 0.2) is 60.7 Å². The number of benzene rings is 3. The van der Waals surface area contributed by atoms with Crippen LogP contribution in [-0.4, -0.2) is 31.4 Å². The zero-order valence-corrected chi connectivity index (χ0v) is 20.5. The molecule has 3 aromatic rings.